The van der Waals surface area contributed by atoms with E-state index < -0.39 is 10.0 Å². The minimum absolute atomic E-state index is 0.0128. The Balaban J connectivity index is 1.95. The number of aromatic nitrogens is 2. The van der Waals surface area contributed by atoms with Crippen LogP contribution in [0.4, 0.5) is 0 Å². The van der Waals surface area contributed by atoms with E-state index in [9.17, 15) is 8.42 Å². The second kappa shape index (κ2) is 7.12. The van der Waals surface area contributed by atoms with E-state index in [-0.39, 0.29) is 11.4 Å². The number of rotatable bonds is 8. The van der Waals surface area contributed by atoms with Crippen LogP contribution in [-0.4, -0.2) is 25.1 Å². The van der Waals surface area contributed by atoms with Crippen LogP contribution in [0.3, 0.4) is 0 Å². The molecule has 0 unspecified atom stereocenters. The van der Waals surface area contributed by atoms with E-state index in [2.05, 4.69) is 27.1 Å². The zero-order chi connectivity index (χ0) is 15.3. The summed E-state index contributed by atoms with van der Waals surface area (Å²) in [4.78, 5) is 5.20. The Kier molecular flexibility index (Phi) is 5.45. The van der Waals surface area contributed by atoms with Gasteiger partial charge in [-0.25, -0.2) is 13.1 Å². The van der Waals surface area contributed by atoms with Gasteiger partial charge in [0.05, 0.1) is 11.4 Å². The molecule has 2 heterocycles. The number of hydrogen-bond acceptors (Lipinski definition) is 7. The Morgan fingerprint density at radius 2 is 2.19 bits per heavy atom. The Morgan fingerprint density at radius 1 is 1.38 bits per heavy atom. The number of nitrogens with zero attached hydrogens (tertiary/aromatic N) is 2. The van der Waals surface area contributed by atoms with Crippen molar-refractivity contribution in [3.63, 3.8) is 0 Å². The lowest BCUT2D eigenvalue weighted by Gasteiger charge is -2.02. The highest BCUT2D eigenvalue weighted by Gasteiger charge is 2.17. The summed E-state index contributed by atoms with van der Waals surface area (Å²) in [6, 6.07) is 1.68. The molecule has 0 amide bonds. The van der Waals surface area contributed by atoms with E-state index in [1.165, 1.54) is 11.3 Å². The van der Waals surface area contributed by atoms with Gasteiger partial charge >= 0.3 is 0 Å². The molecular formula is C12H18N4O3S2. The van der Waals surface area contributed by atoms with E-state index >= 15 is 0 Å². The summed E-state index contributed by atoms with van der Waals surface area (Å²) < 4.78 is 31.5. The van der Waals surface area contributed by atoms with Crippen molar-refractivity contribution in [2.45, 2.75) is 38.3 Å². The van der Waals surface area contributed by atoms with Crippen molar-refractivity contribution in [2.75, 3.05) is 6.54 Å². The third-order valence-electron chi connectivity index (χ3n) is 2.66. The van der Waals surface area contributed by atoms with Crippen LogP contribution in [-0.2, 0) is 23.1 Å². The van der Waals surface area contributed by atoms with E-state index in [1.54, 1.807) is 18.4 Å². The van der Waals surface area contributed by atoms with Crippen LogP contribution in [0.15, 0.2) is 20.9 Å². The summed E-state index contributed by atoms with van der Waals surface area (Å²) in [6.07, 6.45) is 1.04. The summed E-state index contributed by atoms with van der Waals surface area (Å²) in [7, 11) is -3.55. The van der Waals surface area contributed by atoms with Gasteiger partial charge in [-0.05, 0) is 19.0 Å². The molecule has 0 aliphatic rings. The molecule has 0 saturated carbocycles. The highest BCUT2D eigenvalue weighted by Crippen LogP contribution is 2.19. The fourth-order valence-corrected chi connectivity index (χ4v) is 3.86. The van der Waals surface area contributed by atoms with Crippen LogP contribution in [0, 0.1) is 6.92 Å². The van der Waals surface area contributed by atoms with Gasteiger partial charge in [0.2, 0.25) is 15.9 Å². The SMILES string of the molecule is CCCNCc1cc(S(=O)(=O)NCc2noc(C)n2)cs1. The van der Waals surface area contributed by atoms with Gasteiger partial charge in [0, 0.05) is 23.7 Å². The molecule has 0 fully saturated rings. The molecule has 0 aliphatic carbocycles. The van der Waals surface area contributed by atoms with E-state index in [0.717, 1.165) is 17.8 Å². The Hall–Kier alpha value is -1.29. The Bertz CT molecular complexity index is 678. The van der Waals surface area contributed by atoms with E-state index in [0.29, 0.717) is 18.3 Å². The summed E-state index contributed by atoms with van der Waals surface area (Å²) >= 11 is 1.42. The molecular weight excluding hydrogens is 312 g/mol. The van der Waals surface area contributed by atoms with Crippen LogP contribution >= 0.6 is 11.3 Å². The van der Waals surface area contributed by atoms with Gasteiger partial charge in [0.15, 0.2) is 5.82 Å². The van der Waals surface area contributed by atoms with Crippen molar-refractivity contribution in [1.82, 2.24) is 20.2 Å². The molecule has 2 N–H and O–H groups in total. The third-order valence-corrected chi connectivity index (χ3v) is 5.12. The molecule has 0 radical (unpaired) electrons. The first-order valence-electron chi connectivity index (χ1n) is 6.58. The average molecular weight is 330 g/mol. The summed E-state index contributed by atoms with van der Waals surface area (Å²) in [5.41, 5.74) is 0. The van der Waals surface area contributed by atoms with E-state index in [1.807, 2.05) is 0 Å². The first-order valence-corrected chi connectivity index (χ1v) is 8.94. The van der Waals surface area contributed by atoms with E-state index in [4.69, 9.17) is 4.52 Å². The molecule has 0 saturated heterocycles. The van der Waals surface area contributed by atoms with Crippen LogP contribution in [0.1, 0.15) is 29.9 Å². The fourth-order valence-electron chi connectivity index (χ4n) is 1.64. The number of nitrogens with one attached hydrogen (secondary N) is 2. The van der Waals surface area contributed by atoms with Crippen molar-refractivity contribution < 1.29 is 12.9 Å². The highest BCUT2D eigenvalue weighted by atomic mass is 32.2. The first-order chi connectivity index (χ1) is 10.0. The lowest BCUT2D eigenvalue weighted by molar-refractivity contribution is 0.387. The van der Waals surface area contributed by atoms with Crippen molar-refractivity contribution in [2.24, 2.45) is 0 Å². The second-order valence-corrected chi connectivity index (χ2v) is 7.24. The maximum absolute atomic E-state index is 12.1. The predicted octanol–water partition coefficient (Wildman–Crippen LogP) is 1.42. The van der Waals surface area contributed by atoms with Gasteiger partial charge in [-0.3, -0.25) is 0 Å². The Labute approximate surface area is 127 Å². The van der Waals surface area contributed by atoms with Crippen LogP contribution in [0.2, 0.25) is 0 Å². The molecule has 0 atom stereocenters. The van der Waals surface area contributed by atoms with Crippen LogP contribution in [0.5, 0.6) is 0 Å². The second-order valence-electron chi connectivity index (χ2n) is 4.48. The smallest absolute Gasteiger partial charge is 0.241 e. The van der Waals surface area contributed by atoms with Crippen molar-refractivity contribution in [3.05, 3.63) is 28.0 Å². The third kappa shape index (κ3) is 4.60. The number of sulfonamides is 1. The molecule has 2 aromatic heterocycles. The van der Waals surface area contributed by atoms with Crippen molar-refractivity contribution in [3.8, 4) is 0 Å². The maximum atomic E-state index is 12.1. The standard InChI is InChI=1S/C12H18N4O3S2/c1-3-4-13-6-10-5-11(8-20-10)21(17,18)14-7-12-15-9(2)19-16-12/h5,8,13-14H,3-4,6-7H2,1-2H3. The molecule has 7 nitrogen and oxygen atoms in total. The summed E-state index contributed by atoms with van der Waals surface area (Å²) in [5, 5.41) is 8.52. The number of hydrogen-bond donors (Lipinski definition) is 2. The molecule has 2 rings (SSSR count). The number of aryl methyl sites for hydroxylation is 1. The van der Waals surface area contributed by atoms with Gasteiger partial charge in [-0.2, -0.15) is 4.98 Å². The number of thiophene rings is 1. The molecule has 21 heavy (non-hydrogen) atoms. The first kappa shape index (κ1) is 16.1. The molecule has 0 bridgehead atoms. The summed E-state index contributed by atoms with van der Waals surface area (Å²) in [6.45, 7) is 5.34. The lowest BCUT2D eigenvalue weighted by atomic mass is 10.4. The molecule has 0 spiro atoms. The molecule has 9 heteroatoms. The highest BCUT2D eigenvalue weighted by molar-refractivity contribution is 7.89. The fraction of sp³-hybridized carbons (Fsp3) is 0.500. The lowest BCUT2D eigenvalue weighted by Crippen LogP contribution is -2.23. The zero-order valence-electron chi connectivity index (χ0n) is 11.9. The molecule has 0 aromatic carbocycles. The molecule has 0 aliphatic heterocycles. The zero-order valence-corrected chi connectivity index (χ0v) is 13.6. The topological polar surface area (TPSA) is 97.1 Å². The van der Waals surface area contributed by atoms with Crippen LogP contribution < -0.4 is 10.0 Å². The Morgan fingerprint density at radius 3 is 2.86 bits per heavy atom. The van der Waals surface area contributed by atoms with Gasteiger partial charge in [0.25, 0.3) is 0 Å². The molecule has 2 aromatic rings. The summed E-state index contributed by atoms with van der Waals surface area (Å²) in [5.74, 6) is 0.722. The minimum atomic E-state index is -3.55. The molecule has 116 valence electrons. The predicted molar refractivity (Wildman–Crippen MR) is 79.4 cm³/mol. The maximum Gasteiger partial charge on any atom is 0.241 e. The quantitative estimate of drug-likeness (QED) is 0.711. The monoisotopic (exact) mass is 330 g/mol. The van der Waals surface area contributed by atoms with Crippen molar-refractivity contribution >= 4 is 21.4 Å². The van der Waals surface area contributed by atoms with Crippen LogP contribution in [0.25, 0.3) is 0 Å². The average Bonchev–Trinajstić information content (AvgIpc) is 3.06. The minimum Gasteiger partial charge on any atom is -0.340 e. The van der Waals surface area contributed by atoms with Gasteiger partial charge < -0.3 is 9.84 Å². The van der Waals surface area contributed by atoms with Gasteiger partial charge in [-0.15, -0.1) is 11.3 Å². The van der Waals surface area contributed by atoms with Gasteiger partial charge in [-0.1, -0.05) is 12.1 Å². The normalized spacial score (nSPS) is 11.9. The van der Waals surface area contributed by atoms with Gasteiger partial charge in [0.1, 0.15) is 0 Å². The largest absolute Gasteiger partial charge is 0.340 e. The van der Waals surface area contributed by atoms with Crippen molar-refractivity contribution in [1.29, 1.82) is 0 Å².